The van der Waals surface area contributed by atoms with Gasteiger partial charge in [0.2, 0.25) is 11.8 Å². The standard InChI is InChI=1S/C30H23NO4/c1-35-30(34)20-13-8-14-21(17-20)31-28(32)26-22-15-16-23(27(26)29(31)33)25(22)24(18-9-4-2-5-10-18)19-11-6-3-7-12-19/h2-17,22-23,26-27H,1H3/t22-,23+,26+,27-. The molecule has 0 N–H and O–H groups in total. The molecular formula is C30H23NO4. The Labute approximate surface area is 203 Å². The maximum Gasteiger partial charge on any atom is 0.337 e. The highest BCUT2D eigenvalue weighted by molar-refractivity contribution is 6.23. The molecular weight excluding hydrogens is 438 g/mol. The van der Waals surface area contributed by atoms with Crippen LogP contribution in [-0.4, -0.2) is 24.9 Å². The minimum atomic E-state index is -0.506. The van der Waals surface area contributed by atoms with Gasteiger partial charge >= 0.3 is 5.97 Å². The number of carbonyl (C=O) groups excluding carboxylic acids is 3. The quantitative estimate of drug-likeness (QED) is 0.315. The summed E-state index contributed by atoms with van der Waals surface area (Å²) >= 11 is 0. The van der Waals surface area contributed by atoms with Crippen LogP contribution < -0.4 is 4.90 Å². The van der Waals surface area contributed by atoms with E-state index in [-0.39, 0.29) is 23.7 Å². The predicted octanol–water partition coefficient (Wildman–Crippen LogP) is 4.90. The molecule has 0 unspecified atom stereocenters. The Balaban J connectivity index is 1.45. The van der Waals surface area contributed by atoms with Crippen molar-refractivity contribution >= 4 is 29.0 Å². The van der Waals surface area contributed by atoms with Gasteiger partial charge in [0.1, 0.15) is 0 Å². The molecule has 1 saturated heterocycles. The van der Waals surface area contributed by atoms with Crippen molar-refractivity contribution in [3.63, 3.8) is 0 Å². The molecule has 2 amide bonds. The van der Waals surface area contributed by atoms with Crippen LogP contribution in [0.1, 0.15) is 21.5 Å². The van der Waals surface area contributed by atoms with Gasteiger partial charge in [-0.3, -0.25) is 9.59 Å². The normalized spacial score (nSPS) is 24.1. The molecule has 2 aliphatic carbocycles. The highest BCUT2D eigenvalue weighted by Crippen LogP contribution is 2.58. The van der Waals surface area contributed by atoms with Crippen molar-refractivity contribution in [2.24, 2.45) is 23.7 Å². The fourth-order valence-electron chi connectivity index (χ4n) is 5.95. The largest absolute Gasteiger partial charge is 0.465 e. The van der Waals surface area contributed by atoms with Crippen LogP contribution in [0.25, 0.3) is 5.57 Å². The minimum Gasteiger partial charge on any atom is -0.465 e. The first-order valence-electron chi connectivity index (χ1n) is 11.7. The van der Waals surface area contributed by atoms with Gasteiger partial charge in [0, 0.05) is 11.8 Å². The van der Waals surface area contributed by atoms with E-state index in [1.54, 1.807) is 24.3 Å². The van der Waals surface area contributed by atoms with E-state index in [4.69, 9.17) is 4.74 Å². The zero-order chi connectivity index (χ0) is 24.1. The zero-order valence-corrected chi connectivity index (χ0v) is 19.1. The van der Waals surface area contributed by atoms with Crippen LogP contribution in [0.4, 0.5) is 5.69 Å². The van der Waals surface area contributed by atoms with E-state index in [0.29, 0.717) is 11.3 Å². The van der Waals surface area contributed by atoms with Crippen molar-refractivity contribution in [1.82, 2.24) is 0 Å². The van der Waals surface area contributed by atoms with E-state index in [9.17, 15) is 14.4 Å². The summed E-state index contributed by atoms with van der Waals surface area (Å²) in [6.45, 7) is 0. The third-order valence-corrected chi connectivity index (χ3v) is 7.35. The number of amides is 2. The van der Waals surface area contributed by atoms with Crippen LogP contribution in [0.15, 0.2) is 103 Å². The topological polar surface area (TPSA) is 63.7 Å². The molecule has 1 aliphatic heterocycles. The highest BCUT2D eigenvalue weighted by Gasteiger charge is 2.62. The molecule has 1 heterocycles. The first-order valence-corrected chi connectivity index (χ1v) is 11.7. The predicted molar refractivity (Wildman–Crippen MR) is 132 cm³/mol. The lowest BCUT2D eigenvalue weighted by Gasteiger charge is -2.22. The minimum absolute atomic E-state index is 0.148. The molecule has 2 bridgehead atoms. The van der Waals surface area contributed by atoms with Crippen molar-refractivity contribution in [3.8, 4) is 0 Å². The van der Waals surface area contributed by atoms with Crippen molar-refractivity contribution in [3.05, 3.63) is 119 Å². The average Bonchev–Trinajstić information content (AvgIpc) is 3.54. The molecule has 5 nitrogen and oxygen atoms in total. The zero-order valence-electron chi connectivity index (χ0n) is 19.1. The van der Waals surface area contributed by atoms with Crippen LogP contribution in [0.2, 0.25) is 0 Å². The maximum atomic E-state index is 13.7. The van der Waals surface area contributed by atoms with Crippen molar-refractivity contribution < 1.29 is 19.1 Å². The summed E-state index contributed by atoms with van der Waals surface area (Å²) < 4.78 is 4.81. The van der Waals surface area contributed by atoms with Crippen molar-refractivity contribution in [2.45, 2.75) is 0 Å². The van der Waals surface area contributed by atoms with E-state index in [1.165, 1.54) is 12.0 Å². The van der Waals surface area contributed by atoms with Gasteiger partial charge in [0.25, 0.3) is 0 Å². The van der Waals surface area contributed by atoms with Crippen molar-refractivity contribution in [1.29, 1.82) is 0 Å². The van der Waals surface area contributed by atoms with Crippen LogP contribution in [0.3, 0.4) is 0 Å². The Morgan fingerprint density at radius 3 is 1.74 bits per heavy atom. The number of esters is 1. The summed E-state index contributed by atoms with van der Waals surface area (Å²) in [6.07, 6.45) is 4.18. The molecule has 3 aromatic carbocycles. The Hall–Kier alpha value is -4.25. The third kappa shape index (κ3) is 3.19. The second-order valence-electron chi connectivity index (χ2n) is 9.10. The van der Waals surface area contributed by atoms with E-state index in [1.807, 2.05) is 36.4 Å². The van der Waals surface area contributed by atoms with E-state index in [2.05, 4.69) is 36.4 Å². The number of methoxy groups -OCH3 is 1. The molecule has 172 valence electrons. The van der Waals surface area contributed by atoms with Crippen molar-refractivity contribution in [2.75, 3.05) is 12.0 Å². The Morgan fingerprint density at radius 2 is 1.23 bits per heavy atom. The van der Waals surface area contributed by atoms with Gasteiger partial charge in [-0.25, -0.2) is 9.69 Å². The highest BCUT2D eigenvalue weighted by atomic mass is 16.5. The van der Waals surface area contributed by atoms with Gasteiger partial charge < -0.3 is 4.74 Å². The SMILES string of the molecule is COC(=O)c1cccc(N2C(=O)[C@@H]3[C@H](C2=O)[C@H]2C=C[C@@H]3C2=C(c2ccccc2)c2ccccc2)c1. The third-order valence-electron chi connectivity index (χ3n) is 7.35. The molecule has 0 radical (unpaired) electrons. The summed E-state index contributed by atoms with van der Waals surface area (Å²) in [6, 6.07) is 26.8. The Bertz CT molecular complexity index is 1330. The molecule has 4 atom stereocenters. The average molecular weight is 462 g/mol. The summed E-state index contributed by atoms with van der Waals surface area (Å²) in [5.41, 5.74) is 5.11. The van der Waals surface area contributed by atoms with Gasteiger partial charge in [0.05, 0.1) is 30.2 Å². The summed E-state index contributed by atoms with van der Waals surface area (Å²) in [7, 11) is 1.31. The monoisotopic (exact) mass is 461 g/mol. The van der Waals surface area contributed by atoms with Gasteiger partial charge in [-0.05, 0) is 40.5 Å². The number of anilines is 1. The fourth-order valence-corrected chi connectivity index (χ4v) is 5.95. The van der Waals surface area contributed by atoms with E-state index >= 15 is 0 Å². The van der Waals surface area contributed by atoms with Gasteiger partial charge in [0.15, 0.2) is 0 Å². The van der Waals surface area contributed by atoms with Crippen LogP contribution in [0, 0.1) is 23.7 Å². The second kappa shape index (κ2) is 8.20. The van der Waals surface area contributed by atoms with E-state index in [0.717, 1.165) is 22.3 Å². The lowest BCUT2D eigenvalue weighted by molar-refractivity contribution is -0.122. The lowest BCUT2D eigenvalue weighted by Crippen LogP contribution is -2.33. The lowest BCUT2D eigenvalue weighted by atomic mass is 9.85. The smallest absolute Gasteiger partial charge is 0.337 e. The molecule has 0 aromatic heterocycles. The number of carbonyl (C=O) groups is 3. The molecule has 35 heavy (non-hydrogen) atoms. The fraction of sp³-hybridized carbons (Fsp3) is 0.167. The number of hydrogen-bond donors (Lipinski definition) is 0. The van der Waals surface area contributed by atoms with Crippen LogP contribution in [0.5, 0.6) is 0 Å². The van der Waals surface area contributed by atoms with Gasteiger partial charge in [-0.15, -0.1) is 0 Å². The number of benzene rings is 3. The summed E-state index contributed by atoms with van der Waals surface area (Å²) in [4.78, 5) is 40.7. The van der Waals surface area contributed by atoms with E-state index < -0.39 is 17.8 Å². The first kappa shape index (κ1) is 21.3. The number of imide groups is 1. The number of ether oxygens (including phenoxy) is 1. The molecule has 6 rings (SSSR count). The molecule has 0 spiro atoms. The maximum absolute atomic E-state index is 13.7. The number of allylic oxidation sites excluding steroid dienone is 3. The van der Waals surface area contributed by atoms with Crippen LogP contribution in [-0.2, 0) is 14.3 Å². The number of fused-ring (bicyclic) bond motifs is 5. The first-order chi connectivity index (χ1) is 17.1. The molecule has 3 aliphatic rings. The van der Waals surface area contributed by atoms with Crippen LogP contribution >= 0.6 is 0 Å². The molecule has 5 heteroatoms. The van der Waals surface area contributed by atoms with Gasteiger partial charge in [-0.1, -0.05) is 78.9 Å². The second-order valence-corrected chi connectivity index (χ2v) is 9.10. The summed E-state index contributed by atoms with van der Waals surface area (Å²) in [5.74, 6) is -2.12. The molecule has 3 aromatic rings. The van der Waals surface area contributed by atoms with Gasteiger partial charge in [-0.2, -0.15) is 0 Å². The number of hydrogen-bond acceptors (Lipinski definition) is 4. The Morgan fingerprint density at radius 1 is 0.714 bits per heavy atom. The Kier molecular flexibility index (Phi) is 4.99. The molecule has 1 saturated carbocycles. The number of nitrogens with zero attached hydrogens (tertiary/aromatic N) is 1. The summed E-state index contributed by atoms with van der Waals surface area (Å²) in [5, 5.41) is 0. The molecule has 2 fully saturated rings. The number of rotatable bonds is 4.